The molecule has 1 saturated heterocycles. The molecule has 11 nitrogen and oxygen atoms in total. The summed E-state index contributed by atoms with van der Waals surface area (Å²) in [6, 6.07) is 0. The first kappa shape index (κ1) is 20.0. The number of nitrogen functional groups attached to an aromatic ring is 1. The van der Waals surface area contributed by atoms with Crippen LogP contribution < -0.4 is 11.3 Å². The van der Waals surface area contributed by atoms with E-state index in [0.717, 1.165) is 6.42 Å². The first-order valence-corrected chi connectivity index (χ1v) is 9.57. The van der Waals surface area contributed by atoms with Gasteiger partial charge in [-0.15, -0.1) is 0 Å². The van der Waals surface area contributed by atoms with Crippen molar-refractivity contribution >= 4 is 28.9 Å². The molecule has 0 aliphatic carbocycles. The molecule has 0 bridgehead atoms. The van der Waals surface area contributed by atoms with E-state index in [0.29, 0.717) is 17.5 Å². The molecule has 4 atom stereocenters. The monoisotopic (exact) mass is 401 g/mol. The molecular weight excluding hydrogens is 378 g/mol. The van der Waals surface area contributed by atoms with Crippen molar-refractivity contribution in [1.82, 2.24) is 19.5 Å². The van der Waals surface area contributed by atoms with E-state index in [-0.39, 0.29) is 23.7 Å². The van der Waals surface area contributed by atoms with Gasteiger partial charge >= 0.3 is 0 Å². The van der Waals surface area contributed by atoms with E-state index < -0.39 is 36.7 Å². The van der Waals surface area contributed by atoms with Gasteiger partial charge in [-0.1, -0.05) is 18.7 Å². The fourth-order valence-corrected chi connectivity index (χ4v) is 3.72. The Morgan fingerprint density at radius 1 is 1.41 bits per heavy atom. The third-order valence-electron chi connectivity index (χ3n) is 4.12. The summed E-state index contributed by atoms with van der Waals surface area (Å²) in [4.78, 5) is 23.1. The molecule has 0 radical (unpaired) electrons. The summed E-state index contributed by atoms with van der Waals surface area (Å²) >= 11 is 1.20. The lowest BCUT2D eigenvalue weighted by molar-refractivity contribution is -0.0740. The number of imidazole rings is 1. The molecule has 0 unspecified atom stereocenters. The summed E-state index contributed by atoms with van der Waals surface area (Å²) in [5.74, 6) is 0.242. The highest BCUT2D eigenvalue weighted by molar-refractivity contribution is 7.99. The van der Waals surface area contributed by atoms with Crippen LogP contribution in [0.4, 0.5) is 5.95 Å². The second kappa shape index (κ2) is 8.54. The highest BCUT2D eigenvalue weighted by atomic mass is 32.2. The van der Waals surface area contributed by atoms with Crippen LogP contribution in [0.1, 0.15) is 19.6 Å². The zero-order valence-corrected chi connectivity index (χ0v) is 15.6. The number of hydrogen-bond donors (Lipinski definition) is 5. The quantitative estimate of drug-likeness (QED) is 0.340. The van der Waals surface area contributed by atoms with Gasteiger partial charge in [-0.05, 0) is 6.42 Å². The predicted octanol–water partition coefficient (Wildman–Crippen LogP) is -1.17. The van der Waals surface area contributed by atoms with Crippen molar-refractivity contribution in [3.63, 3.8) is 0 Å². The maximum absolute atomic E-state index is 12.2. The van der Waals surface area contributed by atoms with Gasteiger partial charge in [-0.25, -0.2) is 4.98 Å². The van der Waals surface area contributed by atoms with Crippen LogP contribution in [0.25, 0.3) is 11.2 Å². The van der Waals surface area contributed by atoms with Crippen molar-refractivity contribution in [2.45, 2.75) is 43.0 Å². The Balaban J connectivity index is 2.13. The number of thioether (sulfide) groups is 1. The highest BCUT2D eigenvalue weighted by Crippen LogP contribution is 2.36. The van der Waals surface area contributed by atoms with Crippen molar-refractivity contribution < 1.29 is 24.8 Å². The normalized spacial score (nSPS) is 25.5. The summed E-state index contributed by atoms with van der Waals surface area (Å²) in [7, 11) is 0. The Bertz CT molecular complexity index is 842. The average molecular weight is 401 g/mol. The fourth-order valence-electron chi connectivity index (χ4n) is 2.96. The molecule has 3 rings (SSSR count). The first-order chi connectivity index (χ1) is 13.0. The van der Waals surface area contributed by atoms with Gasteiger partial charge in [-0.2, -0.15) is 4.98 Å². The van der Waals surface area contributed by atoms with Crippen LogP contribution >= 0.6 is 11.8 Å². The van der Waals surface area contributed by atoms with Gasteiger partial charge in [0.05, 0.1) is 13.2 Å². The molecular formula is C15H23N5O6S. The maximum Gasteiger partial charge on any atom is 0.280 e. The van der Waals surface area contributed by atoms with Crippen LogP contribution in [-0.2, 0) is 9.47 Å². The minimum Gasteiger partial charge on any atom is -0.396 e. The Morgan fingerprint density at radius 3 is 2.85 bits per heavy atom. The topological polar surface area (TPSA) is 169 Å². The van der Waals surface area contributed by atoms with Crippen LogP contribution in [0.3, 0.4) is 0 Å². The van der Waals surface area contributed by atoms with E-state index in [1.165, 1.54) is 16.3 Å². The van der Waals surface area contributed by atoms with Crippen LogP contribution in [0.15, 0.2) is 9.95 Å². The summed E-state index contributed by atoms with van der Waals surface area (Å²) in [5.41, 5.74) is 5.41. The first-order valence-electron chi connectivity index (χ1n) is 8.59. The summed E-state index contributed by atoms with van der Waals surface area (Å²) in [6.45, 7) is 1.81. The van der Waals surface area contributed by atoms with Crippen molar-refractivity contribution in [1.29, 1.82) is 0 Å². The van der Waals surface area contributed by atoms with E-state index in [9.17, 15) is 15.0 Å². The van der Waals surface area contributed by atoms with E-state index >= 15 is 0 Å². The molecule has 2 aromatic heterocycles. The number of ether oxygens (including phenoxy) is 2. The van der Waals surface area contributed by atoms with E-state index in [4.69, 9.17) is 20.3 Å². The standard InChI is InChI=1S/C15H23N5O6S/c1-2-4-25-10-9(23)7(6-22)26-13(10)20-11-8(12(24)19-14(16)18-11)17-15(20)27-5-3-21/h7,9-10,13,21-23H,2-6H2,1H3,(H3,16,18,19,24)/t7-,9-,10-,13-/m1/s1. The Labute approximate surface area is 158 Å². The van der Waals surface area contributed by atoms with Gasteiger partial charge < -0.3 is 30.5 Å². The third-order valence-corrected chi connectivity index (χ3v) is 5.05. The van der Waals surface area contributed by atoms with Crippen molar-refractivity contribution in [3.05, 3.63) is 10.4 Å². The Morgan fingerprint density at radius 2 is 2.19 bits per heavy atom. The number of nitrogens with one attached hydrogen (secondary N) is 1. The fraction of sp³-hybridized carbons (Fsp3) is 0.667. The van der Waals surface area contributed by atoms with E-state index in [1.54, 1.807) is 0 Å². The van der Waals surface area contributed by atoms with E-state index in [1.807, 2.05) is 6.92 Å². The number of rotatable bonds is 8. The van der Waals surface area contributed by atoms with Crippen LogP contribution in [-0.4, -0.2) is 78.7 Å². The molecule has 27 heavy (non-hydrogen) atoms. The number of aromatic nitrogens is 4. The van der Waals surface area contributed by atoms with Gasteiger partial charge in [0, 0.05) is 12.4 Å². The molecule has 0 amide bonds. The number of anilines is 1. The number of aliphatic hydroxyl groups excluding tert-OH is 3. The van der Waals surface area contributed by atoms with Gasteiger partial charge in [0.15, 0.2) is 22.5 Å². The molecule has 3 heterocycles. The molecule has 0 aromatic carbocycles. The minimum atomic E-state index is -1.07. The van der Waals surface area contributed by atoms with Gasteiger partial charge in [0.2, 0.25) is 5.95 Å². The second-order valence-corrected chi connectivity index (χ2v) is 7.10. The second-order valence-electron chi connectivity index (χ2n) is 6.03. The maximum atomic E-state index is 12.2. The lowest BCUT2D eigenvalue weighted by atomic mass is 10.1. The highest BCUT2D eigenvalue weighted by Gasteiger charge is 2.46. The molecule has 0 spiro atoms. The van der Waals surface area contributed by atoms with Crippen LogP contribution in [0, 0.1) is 0 Å². The van der Waals surface area contributed by atoms with Gasteiger partial charge in [-0.3, -0.25) is 14.3 Å². The zero-order chi connectivity index (χ0) is 19.6. The number of hydrogen-bond acceptors (Lipinski definition) is 10. The number of fused-ring (bicyclic) bond motifs is 1. The lowest BCUT2D eigenvalue weighted by Crippen LogP contribution is -2.36. The molecule has 1 aliphatic heterocycles. The number of H-pyrrole nitrogens is 1. The number of nitrogens with zero attached hydrogens (tertiary/aromatic N) is 3. The molecule has 6 N–H and O–H groups in total. The zero-order valence-electron chi connectivity index (χ0n) is 14.7. The molecule has 150 valence electrons. The number of aromatic amines is 1. The average Bonchev–Trinajstić information content (AvgIpc) is 3.15. The summed E-state index contributed by atoms with van der Waals surface area (Å²) in [6.07, 6.45) is -2.87. The molecule has 0 saturated carbocycles. The van der Waals surface area contributed by atoms with Crippen molar-refractivity contribution in [3.8, 4) is 0 Å². The Kier molecular flexibility index (Phi) is 6.34. The van der Waals surface area contributed by atoms with Gasteiger partial charge in [0.1, 0.15) is 18.3 Å². The van der Waals surface area contributed by atoms with Crippen molar-refractivity contribution in [2.24, 2.45) is 0 Å². The summed E-state index contributed by atoms with van der Waals surface area (Å²) < 4.78 is 13.1. The van der Waals surface area contributed by atoms with Gasteiger partial charge in [0.25, 0.3) is 5.56 Å². The van der Waals surface area contributed by atoms with Crippen LogP contribution in [0.5, 0.6) is 0 Å². The van der Waals surface area contributed by atoms with Crippen LogP contribution in [0.2, 0.25) is 0 Å². The predicted molar refractivity (Wildman–Crippen MR) is 97.4 cm³/mol. The SMILES string of the molecule is CCCO[C@@H]1[C@H](O)[C@@H](CO)O[C@H]1n1c(SCCO)nc2c(=O)[nH]c(N)nc21. The molecule has 2 aromatic rings. The molecule has 1 fully saturated rings. The lowest BCUT2D eigenvalue weighted by Gasteiger charge is -2.23. The summed E-state index contributed by atoms with van der Waals surface area (Å²) in [5, 5.41) is 29.5. The minimum absolute atomic E-state index is 0.0596. The number of nitrogens with two attached hydrogens (primary N) is 1. The largest absolute Gasteiger partial charge is 0.396 e. The molecule has 12 heteroatoms. The van der Waals surface area contributed by atoms with E-state index in [2.05, 4.69) is 15.0 Å². The van der Waals surface area contributed by atoms with Crippen molar-refractivity contribution in [2.75, 3.05) is 31.3 Å². The third kappa shape index (κ3) is 3.81. The smallest absolute Gasteiger partial charge is 0.280 e. The molecule has 1 aliphatic rings. The number of aliphatic hydroxyl groups is 3. The Hall–Kier alpha value is -1.70.